The van der Waals surface area contributed by atoms with Crippen LogP contribution in [0.2, 0.25) is 0 Å². The van der Waals surface area contributed by atoms with Crippen molar-refractivity contribution in [2.75, 3.05) is 25.6 Å². The highest BCUT2D eigenvalue weighted by molar-refractivity contribution is 5.90. The van der Waals surface area contributed by atoms with Crippen LogP contribution in [-0.4, -0.2) is 37.3 Å². The first kappa shape index (κ1) is 17.3. The number of rotatable bonds is 6. The summed E-state index contributed by atoms with van der Waals surface area (Å²) < 4.78 is 30.0. The van der Waals surface area contributed by atoms with Crippen LogP contribution >= 0.6 is 0 Å². The van der Waals surface area contributed by atoms with Crippen LogP contribution in [0.5, 0.6) is 5.75 Å². The molecule has 0 unspecified atom stereocenters. The van der Waals surface area contributed by atoms with Gasteiger partial charge in [0.05, 0.1) is 24.6 Å². The summed E-state index contributed by atoms with van der Waals surface area (Å²) in [6, 6.07) is 7.19. The van der Waals surface area contributed by atoms with E-state index in [-0.39, 0.29) is 17.8 Å². The summed E-state index contributed by atoms with van der Waals surface area (Å²) in [6.07, 6.45) is 3.54. The second kappa shape index (κ2) is 8.02. The van der Waals surface area contributed by atoms with Crippen molar-refractivity contribution in [3.8, 4) is 5.75 Å². The smallest absolute Gasteiger partial charge is 0.322 e. The number of benzene rings is 1. The topological polar surface area (TPSA) is 63.9 Å². The molecule has 0 aliphatic carbocycles. The van der Waals surface area contributed by atoms with E-state index in [0.29, 0.717) is 24.7 Å². The quantitative estimate of drug-likeness (QED) is 0.866. The molecule has 7 heteroatoms. The van der Waals surface area contributed by atoms with Gasteiger partial charge in [-0.2, -0.15) is 0 Å². The van der Waals surface area contributed by atoms with Crippen molar-refractivity contribution in [3.05, 3.63) is 48.2 Å². The van der Waals surface area contributed by atoms with Crippen LogP contribution in [0.1, 0.15) is 18.6 Å². The highest BCUT2D eigenvalue weighted by Gasteiger charge is 2.18. The van der Waals surface area contributed by atoms with Crippen molar-refractivity contribution >= 4 is 11.7 Å². The van der Waals surface area contributed by atoms with Crippen LogP contribution in [0, 0.1) is 5.82 Å². The zero-order valence-electron chi connectivity index (χ0n) is 14.0. The largest absolute Gasteiger partial charge is 0.489 e. The first-order chi connectivity index (χ1) is 12.1. The lowest BCUT2D eigenvalue weighted by molar-refractivity contribution is 0.0682. The maximum atomic E-state index is 13.6. The number of nitrogens with one attached hydrogen (secondary N) is 1. The van der Waals surface area contributed by atoms with Crippen LogP contribution in [0.4, 0.5) is 14.9 Å². The minimum atomic E-state index is -0.451. The number of halogens is 1. The average Bonchev–Trinajstić information content (AvgIpc) is 3.27. The molecule has 1 saturated heterocycles. The Morgan fingerprint density at radius 2 is 2.32 bits per heavy atom. The number of ether oxygens (including phenoxy) is 2. The van der Waals surface area contributed by atoms with Gasteiger partial charge in [-0.15, -0.1) is 0 Å². The minimum absolute atomic E-state index is 0.0373. The summed E-state index contributed by atoms with van der Waals surface area (Å²) in [7, 11) is 1.63. The van der Waals surface area contributed by atoms with Gasteiger partial charge in [0.2, 0.25) is 0 Å². The van der Waals surface area contributed by atoms with Gasteiger partial charge in [0.15, 0.2) is 0 Å². The summed E-state index contributed by atoms with van der Waals surface area (Å²) in [5, 5.41) is 2.68. The fourth-order valence-corrected chi connectivity index (χ4v) is 2.60. The van der Waals surface area contributed by atoms with Gasteiger partial charge in [-0.1, -0.05) is 0 Å². The third-order valence-electron chi connectivity index (χ3n) is 3.95. The standard InChI is InChI=1S/C18H21FN2O4/c1-21(11-14-4-2-8-23-14)18(22)20-16-10-13(19)6-7-17(16)25-12-15-5-3-9-24-15/h2,4,6-8,10,15H,3,5,9,11-12H2,1H3,(H,20,22)/t15-/m0/s1. The fourth-order valence-electron chi connectivity index (χ4n) is 2.60. The third-order valence-corrected chi connectivity index (χ3v) is 3.95. The van der Waals surface area contributed by atoms with Gasteiger partial charge in [0, 0.05) is 19.7 Å². The Bertz CT molecular complexity index is 699. The molecular formula is C18H21FN2O4. The lowest BCUT2D eigenvalue weighted by Crippen LogP contribution is -2.31. The molecule has 1 aliphatic rings. The Hall–Kier alpha value is -2.54. The van der Waals surface area contributed by atoms with E-state index in [1.807, 2.05) is 0 Å². The zero-order chi connectivity index (χ0) is 17.6. The fraction of sp³-hybridized carbons (Fsp3) is 0.389. The second-order valence-corrected chi connectivity index (χ2v) is 5.95. The Morgan fingerprint density at radius 3 is 3.04 bits per heavy atom. The molecule has 6 nitrogen and oxygen atoms in total. The van der Waals surface area contributed by atoms with Crippen molar-refractivity contribution in [2.24, 2.45) is 0 Å². The van der Waals surface area contributed by atoms with E-state index in [4.69, 9.17) is 13.9 Å². The molecule has 0 bridgehead atoms. The number of nitrogens with zero attached hydrogens (tertiary/aromatic N) is 1. The van der Waals surface area contributed by atoms with Crippen LogP contribution in [0.15, 0.2) is 41.0 Å². The Labute approximate surface area is 145 Å². The van der Waals surface area contributed by atoms with E-state index in [9.17, 15) is 9.18 Å². The first-order valence-electron chi connectivity index (χ1n) is 8.20. The van der Waals surface area contributed by atoms with E-state index in [0.717, 1.165) is 19.4 Å². The van der Waals surface area contributed by atoms with E-state index >= 15 is 0 Å². The summed E-state index contributed by atoms with van der Waals surface area (Å²) in [6.45, 7) is 1.41. The van der Waals surface area contributed by atoms with Crippen LogP contribution in [0.25, 0.3) is 0 Å². The lowest BCUT2D eigenvalue weighted by Gasteiger charge is -2.19. The summed E-state index contributed by atoms with van der Waals surface area (Å²) in [5.74, 6) is 0.622. The zero-order valence-corrected chi connectivity index (χ0v) is 14.0. The number of hydrogen-bond donors (Lipinski definition) is 1. The van der Waals surface area contributed by atoms with Crippen molar-refractivity contribution < 1.29 is 23.1 Å². The number of hydrogen-bond acceptors (Lipinski definition) is 4. The highest BCUT2D eigenvalue weighted by atomic mass is 19.1. The first-order valence-corrected chi connectivity index (χ1v) is 8.20. The number of carbonyl (C=O) groups is 1. The molecule has 2 heterocycles. The van der Waals surface area contributed by atoms with E-state index in [2.05, 4.69) is 5.32 Å². The molecule has 0 saturated carbocycles. The molecule has 0 radical (unpaired) electrons. The molecule has 1 aliphatic heterocycles. The molecule has 2 amide bonds. The molecule has 134 valence electrons. The summed E-state index contributed by atoms with van der Waals surface area (Å²) in [4.78, 5) is 13.8. The Balaban J connectivity index is 1.63. The maximum Gasteiger partial charge on any atom is 0.322 e. The Morgan fingerprint density at radius 1 is 1.44 bits per heavy atom. The molecule has 25 heavy (non-hydrogen) atoms. The molecule has 1 atom stereocenters. The van der Waals surface area contributed by atoms with Crippen LogP contribution in [-0.2, 0) is 11.3 Å². The van der Waals surface area contributed by atoms with Gasteiger partial charge < -0.3 is 24.1 Å². The van der Waals surface area contributed by atoms with Gasteiger partial charge in [-0.25, -0.2) is 9.18 Å². The number of anilines is 1. The predicted octanol–water partition coefficient (Wildman–Crippen LogP) is 3.64. The van der Waals surface area contributed by atoms with Gasteiger partial charge in [-0.3, -0.25) is 0 Å². The molecule has 3 rings (SSSR count). The van der Waals surface area contributed by atoms with E-state index < -0.39 is 5.82 Å². The highest BCUT2D eigenvalue weighted by Crippen LogP contribution is 2.27. The van der Waals surface area contributed by atoms with Gasteiger partial charge >= 0.3 is 6.03 Å². The molecule has 1 fully saturated rings. The molecule has 2 aromatic rings. The Kier molecular flexibility index (Phi) is 5.55. The van der Waals surface area contributed by atoms with Gasteiger partial charge in [0.25, 0.3) is 0 Å². The third kappa shape index (κ3) is 4.73. The number of carbonyl (C=O) groups excluding carboxylic acids is 1. The SMILES string of the molecule is CN(Cc1ccco1)C(=O)Nc1cc(F)ccc1OC[C@@H]1CCCO1. The number of furan rings is 1. The summed E-state index contributed by atoms with van der Waals surface area (Å²) >= 11 is 0. The molecule has 1 N–H and O–H groups in total. The molecular weight excluding hydrogens is 327 g/mol. The van der Waals surface area contributed by atoms with Crippen LogP contribution < -0.4 is 10.1 Å². The molecule has 1 aromatic carbocycles. The van der Waals surface area contributed by atoms with E-state index in [1.54, 1.807) is 25.4 Å². The van der Waals surface area contributed by atoms with Gasteiger partial charge in [-0.05, 0) is 37.1 Å². The van der Waals surface area contributed by atoms with Gasteiger partial charge in [0.1, 0.15) is 23.9 Å². The lowest BCUT2D eigenvalue weighted by atomic mass is 10.2. The van der Waals surface area contributed by atoms with Crippen molar-refractivity contribution in [1.82, 2.24) is 4.90 Å². The normalized spacial score (nSPS) is 16.6. The van der Waals surface area contributed by atoms with Crippen LogP contribution in [0.3, 0.4) is 0 Å². The maximum absolute atomic E-state index is 13.6. The average molecular weight is 348 g/mol. The molecule has 1 aromatic heterocycles. The van der Waals surface area contributed by atoms with Crippen molar-refractivity contribution in [1.29, 1.82) is 0 Å². The minimum Gasteiger partial charge on any atom is -0.489 e. The summed E-state index contributed by atoms with van der Waals surface area (Å²) in [5.41, 5.74) is 0.286. The van der Waals surface area contributed by atoms with Crippen molar-refractivity contribution in [2.45, 2.75) is 25.5 Å². The molecule has 0 spiro atoms. The second-order valence-electron chi connectivity index (χ2n) is 5.95. The van der Waals surface area contributed by atoms with E-state index in [1.165, 1.54) is 23.1 Å². The monoisotopic (exact) mass is 348 g/mol. The number of urea groups is 1. The number of amides is 2. The predicted molar refractivity (Wildman–Crippen MR) is 90.1 cm³/mol. The van der Waals surface area contributed by atoms with Crippen molar-refractivity contribution in [3.63, 3.8) is 0 Å².